The normalized spacial score (nSPS) is 14.1. The largest absolute Gasteiger partial charge is 0.391 e. The zero-order valence-electron chi connectivity index (χ0n) is 9.38. The Balaban J connectivity index is 2.75. The fraction of sp³-hybridized carbons (Fsp3) is 0.700. The van der Waals surface area contributed by atoms with E-state index in [4.69, 9.17) is 0 Å². The Morgan fingerprint density at radius 2 is 2.19 bits per heavy atom. The molecule has 0 saturated carbocycles. The van der Waals surface area contributed by atoms with Gasteiger partial charge in [0.05, 0.1) is 12.5 Å². The zero-order valence-corrected chi connectivity index (χ0v) is 9.38. The van der Waals surface area contributed by atoms with Gasteiger partial charge in [-0.1, -0.05) is 6.92 Å². The molecule has 1 atom stereocenters. The molecule has 0 radical (unpaired) electrons. The second kappa shape index (κ2) is 5.34. The van der Waals surface area contributed by atoms with E-state index in [-0.39, 0.29) is 0 Å². The van der Waals surface area contributed by atoms with E-state index in [2.05, 4.69) is 10.3 Å². The fourth-order valence-corrected chi connectivity index (χ4v) is 1.52. The van der Waals surface area contributed by atoms with Crippen LogP contribution in [-0.2, 0) is 7.05 Å². The second-order valence-electron chi connectivity index (χ2n) is 3.72. The van der Waals surface area contributed by atoms with Crippen molar-refractivity contribution < 1.29 is 13.2 Å². The third-order valence-corrected chi connectivity index (χ3v) is 2.25. The van der Waals surface area contributed by atoms with Crippen molar-refractivity contribution in [3.8, 4) is 0 Å². The van der Waals surface area contributed by atoms with Crippen LogP contribution in [0.1, 0.15) is 31.6 Å². The van der Waals surface area contributed by atoms with Crippen LogP contribution in [0.2, 0.25) is 0 Å². The third kappa shape index (κ3) is 3.84. The SMILES string of the molecule is CCCNC(CC(F)(F)F)c1nccn1C. The van der Waals surface area contributed by atoms with Gasteiger partial charge in [-0.05, 0) is 13.0 Å². The molecule has 0 aliphatic rings. The summed E-state index contributed by atoms with van der Waals surface area (Å²) >= 11 is 0. The topological polar surface area (TPSA) is 29.9 Å². The minimum atomic E-state index is -4.18. The molecule has 3 nitrogen and oxygen atoms in total. The molecule has 1 rings (SSSR count). The highest BCUT2D eigenvalue weighted by Crippen LogP contribution is 2.28. The second-order valence-corrected chi connectivity index (χ2v) is 3.72. The van der Waals surface area contributed by atoms with Crippen LogP contribution in [0.15, 0.2) is 12.4 Å². The Morgan fingerprint density at radius 1 is 1.50 bits per heavy atom. The Hall–Kier alpha value is -1.04. The first-order chi connectivity index (χ1) is 7.44. The van der Waals surface area contributed by atoms with Gasteiger partial charge in [0.25, 0.3) is 0 Å². The molecule has 0 aliphatic heterocycles. The van der Waals surface area contributed by atoms with Gasteiger partial charge in [-0.3, -0.25) is 0 Å². The number of aromatic nitrogens is 2. The summed E-state index contributed by atoms with van der Waals surface area (Å²) in [5, 5.41) is 2.87. The predicted octanol–water partition coefficient (Wildman–Crippen LogP) is 2.41. The van der Waals surface area contributed by atoms with Crippen molar-refractivity contribution in [1.82, 2.24) is 14.9 Å². The number of imidazole rings is 1. The van der Waals surface area contributed by atoms with E-state index in [1.54, 1.807) is 17.8 Å². The first kappa shape index (κ1) is 13.0. The lowest BCUT2D eigenvalue weighted by atomic mass is 10.2. The maximum absolute atomic E-state index is 12.4. The highest BCUT2D eigenvalue weighted by molar-refractivity contribution is 4.99. The van der Waals surface area contributed by atoms with Gasteiger partial charge in [-0.25, -0.2) is 4.98 Å². The van der Waals surface area contributed by atoms with Gasteiger partial charge in [0.15, 0.2) is 0 Å². The molecule has 1 aromatic rings. The summed E-state index contributed by atoms with van der Waals surface area (Å²) in [6.45, 7) is 2.46. The highest BCUT2D eigenvalue weighted by atomic mass is 19.4. The van der Waals surface area contributed by atoms with Crippen molar-refractivity contribution in [2.45, 2.75) is 32.0 Å². The summed E-state index contributed by atoms with van der Waals surface area (Å²) in [5.41, 5.74) is 0. The lowest BCUT2D eigenvalue weighted by Gasteiger charge is -2.19. The quantitative estimate of drug-likeness (QED) is 0.849. The van der Waals surface area contributed by atoms with Gasteiger partial charge < -0.3 is 9.88 Å². The summed E-state index contributed by atoms with van der Waals surface area (Å²) in [7, 11) is 1.69. The van der Waals surface area contributed by atoms with Crippen molar-refractivity contribution in [2.75, 3.05) is 6.54 Å². The molecule has 1 heterocycles. The maximum Gasteiger partial charge on any atom is 0.391 e. The van der Waals surface area contributed by atoms with Crippen LogP contribution in [0.4, 0.5) is 13.2 Å². The van der Waals surface area contributed by atoms with Crippen LogP contribution < -0.4 is 5.32 Å². The molecule has 92 valence electrons. The van der Waals surface area contributed by atoms with E-state index < -0.39 is 18.6 Å². The molecule has 0 bridgehead atoms. The van der Waals surface area contributed by atoms with Crippen molar-refractivity contribution in [3.05, 3.63) is 18.2 Å². The van der Waals surface area contributed by atoms with Gasteiger partial charge in [0.2, 0.25) is 0 Å². The van der Waals surface area contributed by atoms with E-state index >= 15 is 0 Å². The maximum atomic E-state index is 12.4. The van der Waals surface area contributed by atoms with E-state index in [0.29, 0.717) is 12.4 Å². The summed E-state index contributed by atoms with van der Waals surface area (Å²) < 4.78 is 38.7. The van der Waals surface area contributed by atoms with Crippen LogP contribution in [-0.4, -0.2) is 22.3 Å². The molecule has 1 N–H and O–H groups in total. The lowest BCUT2D eigenvalue weighted by molar-refractivity contribution is -0.141. The Morgan fingerprint density at radius 3 is 2.62 bits per heavy atom. The smallest absolute Gasteiger partial charge is 0.337 e. The molecular formula is C10H16F3N3. The van der Waals surface area contributed by atoms with Gasteiger partial charge in [-0.2, -0.15) is 13.2 Å². The number of aryl methyl sites for hydroxylation is 1. The molecule has 0 aromatic carbocycles. The number of nitrogens with one attached hydrogen (secondary N) is 1. The molecule has 0 saturated heterocycles. The lowest BCUT2D eigenvalue weighted by Crippen LogP contribution is -2.29. The van der Waals surface area contributed by atoms with Gasteiger partial charge in [0.1, 0.15) is 5.82 Å². The zero-order chi connectivity index (χ0) is 12.2. The van der Waals surface area contributed by atoms with E-state index in [1.165, 1.54) is 6.20 Å². The number of rotatable bonds is 5. The molecule has 16 heavy (non-hydrogen) atoms. The third-order valence-electron chi connectivity index (χ3n) is 2.25. The minimum Gasteiger partial charge on any atom is -0.337 e. The average Bonchev–Trinajstić information content (AvgIpc) is 2.57. The van der Waals surface area contributed by atoms with Crippen LogP contribution >= 0.6 is 0 Å². The summed E-state index contributed by atoms with van der Waals surface area (Å²) in [6, 6.07) is -0.764. The van der Waals surface area contributed by atoms with Crippen molar-refractivity contribution >= 4 is 0 Å². The van der Waals surface area contributed by atoms with Crippen LogP contribution in [0.3, 0.4) is 0 Å². The molecule has 1 aromatic heterocycles. The standard InChI is InChI=1S/C10H16F3N3/c1-3-4-14-8(7-10(11,12)13)9-15-5-6-16(9)2/h5-6,8,14H,3-4,7H2,1-2H3. The average molecular weight is 235 g/mol. The molecule has 0 spiro atoms. The molecule has 0 amide bonds. The highest BCUT2D eigenvalue weighted by Gasteiger charge is 2.33. The molecule has 0 fully saturated rings. The summed E-state index contributed by atoms with van der Waals surface area (Å²) in [6.07, 6.45) is -1.13. The van der Waals surface area contributed by atoms with Crippen molar-refractivity contribution in [3.63, 3.8) is 0 Å². The monoisotopic (exact) mass is 235 g/mol. The van der Waals surface area contributed by atoms with Crippen molar-refractivity contribution in [1.29, 1.82) is 0 Å². The Bertz CT molecular complexity index is 319. The molecule has 6 heteroatoms. The fourth-order valence-electron chi connectivity index (χ4n) is 1.52. The minimum absolute atomic E-state index is 0.422. The van der Waals surface area contributed by atoms with Crippen molar-refractivity contribution in [2.24, 2.45) is 7.05 Å². The van der Waals surface area contributed by atoms with Crippen LogP contribution in [0.5, 0.6) is 0 Å². The molecular weight excluding hydrogens is 219 g/mol. The van der Waals surface area contributed by atoms with E-state index in [0.717, 1.165) is 6.42 Å². The number of hydrogen-bond acceptors (Lipinski definition) is 2. The number of hydrogen-bond donors (Lipinski definition) is 1. The molecule has 0 aliphatic carbocycles. The van der Waals surface area contributed by atoms with Gasteiger partial charge in [0, 0.05) is 19.4 Å². The summed E-state index contributed by atoms with van der Waals surface area (Å²) in [4.78, 5) is 3.95. The van der Waals surface area contributed by atoms with Gasteiger partial charge in [-0.15, -0.1) is 0 Å². The van der Waals surface area contributed by atoms with Crippen LogP contribution in [0, 0.1) is 0 Å². The first-order valence-electron chi connectivity index (χ1n) is 5.21. The van der Waals surface area contributed by atoms with Crippen LogP contribution in [0.25, 0.3) is 0 Å². The number of halogens is 3. The van der Waals surface area contributed by atoms with Gasteiger partial charge >= 0.3 is 6.18 Å². The van der Waals surface area contributed by atoms with E-state index in [9.17, 15) is 13.2 Å². The number of nitrogens with zero attached hydrogens (tertiary/aromatic N) is 2. The summed E-state index contributed by atoms with van der Waals surface area (Å²) in [5.74, 6) is 0.422. The number of alkyl halides is 3. The molecule has 1 unspecified atom stereocenters. The Labute approximate surface area is 92.7 Å². The first-order valence-corrected chi connectivity index (χ1v) is 5.21. The predicted molar refractivity (Wildman–Crippen MR) is 54.9 cm³/mol. The Kier molecular flexibility index (Phi) is 4.35. The van der Waals surface area contributed by atoms with E-state index in [1.807, 2.05) is 6.92 Å².